The van der Waals surface area contributed by atoms with Gasteiger partial charge in [0.05, 0.1) is 6.54 Å². The number of hydrogen-bond donors (Lipinski definition) is 1. The monoisotopic (exact) mass is 341 g/mol. The fourth-order valence-electron chi connectivity index (χ4n) is 3.41. The van der Waals surface area contributed by atoms with Gasteiger partial charge in [0, 0.05) is 42.8 Å². The molecule has 3 aromatic rings. The van der Waals surface area contributed by atoms with E-state index >= 15 is 0 Å². The van der Waals surface area contributed by atoms with Crippen LogP contribution in [0.2, 0.25) is 0 Å². The molecule has 3 heterocycles. The zero-order chi connectivity index (χ0) is 16.5. The molecule has 0 saturated carbocycles. The molecule has 0 radical (unpaired) electrons. The van der Waals surface area contributed by atoms with Gasteiger partial charge in [-0.2, -0.15) is 4.37 Å². The molecule has 4 rings (SSSR count). The number of nitrogens with one attached hydrogen (secondary N) is 1. The molecule has 6 heteroatoms. The van der Waals surface area contributed by atoms with E-state index < -0.39 is 0 Å². The van der Waals surface area contributed by atoms with E-state index in [-0.39, 0.29) is 0 Å². The highest BCUT2D eigenvalue weighted by molar-refractivity contribution is 7.09. The number of benzene rings is 1. The third kappa shape index (κ3) is 3.16. The second-order valence-corrected chi connectivity index (χ2v) is 7.48. The number of likely N-dealkylation sites (tertiary alicyclic amines) is 1. The fraction of sp³-hybridized carbons (Fsp3) is 0.444. The Balaban J connectivity index is 1.37. The van der Waals surface area contributed by atoms with Crippen molar-refractivity contribution >= 4 is 27.6 Å². The van der Waals surface area contributed by atoms with Crippen molar-refractivity contribution < 1.29 is 0 Å². The number of aromatic amines is 1. The SMILES string of the molecule is CN(C)c1nc(CN2CCC(c3cc4ccccc4[nH]3)CC2)ns1. The number of H-pyrrole nitrogens is 1. The van der Waals surface area contributed by atoms with Crippen molar-refractivity contribution in [1.29, 1.82) is 0 Å². The fourth-order valence-corrected chi connectivity index (χ4v) is 4.00. The molecule has 2 aromatic heterocycles. The minimum atomic E-state index is 0.634. The van der Waals surface area contributed by atoms with Crippen LogP contribution < -0.4 is 4.90 Å². The largest absolute Gasteiger partial charge is 0.358 e. The molecule has 0 amide bonds. The van der Waals surface area contributed by atoms with Gasteiger partial charge in [-0.15, -0.1) is 0 Å². The van der Waals surface area contributed by atoms with Crippen molar-refractivity contribution in [2.45, 2.75) is 25.3 Å². The first-order chi connectivity index (χ1) is 11.7. The van der Waals surface area contributed by atoms with E-state index in [1.54, 1.807) is 0 Å². The van der Waals surface area contributed by atoms with Crippen LogP contribution in [0.15, 0.2) is 30.3 Å². The molecule has 0 atom stereocenters. The summed E-state index contributed by atoms with van der Waals surface area (Å²) >= 11 is 1.48. The van der Waals surface area contributed by atoms with Crippen LogP contribution in [0.5, 0.6) is 0 Å². The Labute approximate surface area is 146 Å². The molecule has 0 bridgehead atoms. The summed E-state index contributed by atoms with van der Waals surface area (Å²) < 4.78 is 4.48. The Hall–Kier alpha value is -1.92. The predicted molar refractivity (Wildman–Crippen MR) is 99.8 cm³/mol. The molecule has 1 aliphatic heterocycles. The van der Waals surface area contributed by atoms with Crippen LogP contribution in [0.3, 0.4) is 0 Å². The first-order valence-corrected chi connectivity index (χ1v) is 9.26. The quantitative estimate of drug-likeness (QED) is 0.789. The highest BCUT2D eigenvalue weighted by Gasteiger charge is 2.23. The summed E-state index contributed by atoms with van der Waals surface area (Å²) in [6.07, 6.45) is 2.38. The number of anilines is 1. The number of piperidine rings is 1. The van der Waals surface area contributed by atoms with Crippen molar-refractivity contribution in [3.63, 3.8) is 0 Å². The molecule has 1 aliphatic rings. The predicted octanol–water partition coefficient (Wildman–Crippen LogP) is 3.47. The van der Waals surface area contributed by atoms with Crippen LogP contribution in [-0.2, 0) is 6.54 Å². The van der Waals surface area contributed by atoms with E-state index in [0.29, 0.717) is 5.92 Å². The van der Waals surface area contributed by atoms with Gasteiger partial charge in [-0.05, 0) is 43.5 Å². The average Bonchev–Trinajstić information content (AvgIpc) is 3.22. The average molecular weight is 341 g/mol. The number of aromatic nitrogens is 3. The van der Waals surface area contributed by atoms with Crippen LogP contribution in [0.25, 0.3) is 10.9 Å². The van der Waals surface area contributed by atoms with Gasteiger partial charge in [0.1, 0.15) is 0 Å². The summed E-state index contributed by atoms with van der Waals surface area (Å²) in [7, 11) is 4.02. The van der Waals surface area contributed by atoms with Gasteiger partial charge in [-0.3, -0.25) is 4.90 Å². The summed E-state index contributed by atoms with van der Waals surface area (Å²) in [5.74, 6) is 1.59. The molecule has 0 unspecified atom stereocenters. The maximum atomic E-state index is 4.60. The maximum absolute atomic E-state index is 4.60. The molecule has 1 aromatic carbocycles. The van der Waals surface area contributed by atoms with Crippen molar-refractivity contribution in [2.24, 2.45) is 0 Å². The molecular weight excluding hydrogens is 318 g/mol. The molecule has 1 saturated heterocycles. The Morgan fingerprint density at radius 1 is 1.25 bits per heavy atom. The molecule has 1 N–H and O–H groups in total. The van der Waals surface area contributed by atoms with Crippen LogP contribution >= 0.6 is 11.5 Å². The number of hydrogen-bond acceptors (Lipinski definition) is 5. The highest BCUT2D eigenvalue weighted by atomic mass is 32.1. The first kappa shape index (κ1) is 15.6. The Morgan fingerprint density at radius 3 is 2.75 bits per heavy atom. The molecule has 1 fully saturated rings. The summed E-state index contributed by atoms with van der Waals surface area (Å²) in [5.41, 5.74) is 2.63. The molecule has 24 heavy (non-hydrogen) atoms. The van der Waals surface area contributed by atoms with Crippen molar-refractivity contribution in [3.8, 4) is 0 Å². The Kier molecular flexibility index (Phi) is 4.24. The lowest BCUT2D eigenvalue weighted by Gasteiger charge is -2.30. The van der Waals surface area contributed by atoms with Crippen LogP contribution in [-0.4, -0.2) is 46.4 Å². The molecule has 126 valence electrons. The molecular formula is C18H23N5S. The molecule has 0 aliphatic carbocycles. The second-order valence-electron chi connectivity index (χ2n) is 6.75. The maximum Gasteiger partial charge on any atom is 0.204 e. The van der Waals surface area contributed by atoms with Crippen molar-refractivity contribution in [3.05, 3.63) is 41.9 Å². The summed E-state index contributed by atoms with van der Waals surface area (Å²) in [5, 5.41) is 2.30. The minimum Gasteiger partial charge on any atom is -0.358 e. The molecule has 5 nitrogen and oxygen atoms in total. The van der Waals surface area contributed by atoms with Gasteiger partial charge in [0.2, 0.25) is 5.13 Å². The topological polar surface area (TPSA) is 48.1 Å². The van der Waals surface area contributed by atoms with Gasteiger partial charge < -0.3 is 9.88 Å². The number of rotatable bonds is 4. The van der Waals surface area contributed by atoms with Gasteiger partial charge in [0.25, 0.3) is 0 Å². The van der Waals surface area contributed by atoms with Crippen molar-refractivity contribution in [1.82, 2.24) is 19.2 Å². The third-order valence-electron chi connectivity index (χ3n) is 4.78. The van der Waals surface area contributed by atoms with Crippen LogP contribution in [0.4, 0.5) is 5.13 Å². The smallest absolute Gasteiger partial charge is 0.204 e. The van der Waals surface area contributed by atoms with E-state index in [9.17, 15) is 0 Å². The second kappa shape index (κ2) is 6.53. The van der Waals surface area contributed by atoms with E-state index in [2.05, 4.69) is 49.6 Å². The van der Waals surface area contributed by atoms with Crippen LogP contribution in [0, 0.1) is 0 Å². The minimum absolute atomic E-state index is 0.634. The van der Waals surface area contributed by atoms with E-state index in [1.807, 2.05) is 19.0 Å². The zero-order valence-electron chi connectivity index (χ0n) is 14.2. The van der Waals surface area contributed by atoms with Crippen molar-refractivity contribution in [2.75, 3.05) is 32.1 Å². The summed E-state index contributed by atoms with van der Waals surface area (Å²) in [6, 6.07) is 10.9. The van der Waals surface area contributed by atoms with E-state index in [1.165, 1.54) is 41.0 Å². The van der Waals surface area contributed by atoms with Gasteiger partial charge in [-0.1, -0.05) is 18.2 Å². The number of nitrogens with zero attached hydrogens (tertiary/aromatic N) is 4. The first-order valence-electron chi connectivity index (χ1n) is 8.49. The van der Waals surface area contributed by atoms with Gasteiger partial charge in [0.15, 0.2) is 5.82 Å². The Bertz CT molecular complexity index is 781. The normalized spacial score (nSPS) is 16.8. The zero-order valence-corrected chi connectivity index (χ0v) is 15.0. The summed E-state index contributed by atoms with van der Waals surface area (Å²) in [6.45, 7) is 3.08. The third-order valence-corrected chi connectivity index (χ3v) is 5.70. The van der Waals surface area contributed by atoms with Gasteiger partial charge >= 0.3 is 0 Å². The number of fused-ring (bicyclic) bond motifs is 1. The van der Waals surface area contributed by atoms with Crippen LogP contribution in [0.1, 0.15) is 30.3 Å². The lowest BCUT2D eigenvalue weighted by atomic mass is 9.93. The summed E-state index contributed by atoms with van der Waals surface area (Å²) in [4.78, 5) is 12.7. The Morgan fingerprint density at radius 2 is 2.04 bits per heavy atom. The van der Waals surface area contributed by atoms with Gasteiger partial charge in [-0.25, -0.2) is 4.98 Å². The number of para-hydroxylation sites is 1. The van der Waals surface area contributed by atoms with E-state index in [0.717, 1.165) is 30.6 Å². The standard InChI is InChI=1S/C18H23N5S/c1-22(2)18-20-17(21-24-18)12-23-9-7-13(8-10-23)16-11-14-5-3-4-6-15(14)19-16/h3-6,11,13,19H,7-10,12H2,1-2H3. The lowest BCUT2D eigenvalue weighted by molar-refractivity contribution is 0.200. The lowest BCUT2D eigenvalue weighted by Crippen LogP contribution is -2.32. The highest BCUT2D eigenvalue weighted by Crippen LogP contribution is 2.30. The molecule has 0 spiro atoms. The van der Waals surface area contributed by atoms with E-state index in [4.69, 9.17) is 0 Å².